The lowest BCUT2D eigenvalue weighted by molar-refractivity contribution is -0.122. The summed E-state index contributed by atoms with van der Waals surface area (Å²) in [5, 5.41) is 2.78. The van der Waals surface area contributed by atoms with Gasteiger partial charge in [0.25, 0.3) is 5.91 Å². The molecule has 1 fully saturated rings. The van der Waals surface area contributed by atoms with E-state index in [4.69, 9.17) is 0 Å². The van der Waals surface area contributed by atoms with E-state index in [0.29, 0.717) is 11.4 Å². The summed E-state index contributed by atoms with van der Waals surface area (Å²) < 4.78 is 0. The third-order valence-electron chi connectivity index (χ3n) is 4.65. The number of carbonyl (C=O) groups excluding carboxylic acids is 2. The summed E-state index contributed by atoms with van der Waals surface area (Å²) in [5.74, 6) is 0.286. The second-order valence-corrected chi connectivity index (χ2v) is 6.81. The average molecular weight is 322 g/mol. The number of rotatable bonds is 3. The Morgan fingerprint density at radius 1 is 1.33 bits per heavy atom. The van der Waals surface area contributed by atoms with Gasteiger partial charge in [-0.25, -0.2) is 4.98 Å². The molecule has 24 heavy (non-hydrogen) atoms. The fraction of sp³-hybridized carbons (Fsp3) is 0.333. The van der Waals surface area contributed by atoms with Gasteiger partial charge in [-0.2, -0.15) is 0 Å². The molecule has 3 heterocycles. The van der Waals surface area contributed by atoms with Crippen LogP contribution >= 0.6 is 0 Å². The van der Waals surface area contributed by atoms with Gasteiger partial charge in [0.2, 0.25) is 5.91 Å². The molecule has 1 aliphatic carbocycles. The van der Waals surface area contributed by atoms with Crippen molar-refractivity contribution in [3.8, 4) is 0 Å². The minimum absolute atomic E-state index is 0.109. The van der Waals surface area contributed by atoms with Crippen molar-refractivity contribution in [2.75, 3.05) is 10.2 Å². The summed E-state index contributed by atoms with van der Waals surface area (Å²) in [6.07, 6.45) is 6.88. The van der Waals surface area contributed by atoms with Gasteiger partial charge in [-0.1, -0.05) is 0 Å². The highest BCUT2D eigenvalue weighted by Gasteiger charge is 2.49. The number of hydrogen-bond acceptors (Lipinski definition) is 4. The standard InChI is InChI=1S/C18H18N4O2/c1-18(2)13-10-20-15(21-16(23)11-4-3-7-19-9-11)8-14(13)22(17(18)24)12-5-6-12/h3-4,7-10,12H,5-6H2,1-2H3,(H,20,21,23). The maximum atomic E-state index is 12.7. The van der Waals surface area contributed by atoms with Crippen molar-refractivity contribution >= 4 is 23.3 Å². The maximum Gasteiger partial charge on any atom is 0.258 e. The van der Waals surface area contributed by atoms with Crippen LogP contribution < -0.4 is 10.2 Å². The normalized spacial score (nSPS) is 18.4. The minimum atomic E-state index is -0.573. The lowest BCUT2D eigenvalue weighted by atomic mass is 9.87. The number of amides is 2. The highest BCUT2D eigenvalue weighted by atomic mass is 16.2. The molecule has 0 bridgehead atoms. The fourth-order valence-corrected chi connectivity index (χ4v) is 3.10. The van der Waals surface area contributed by atoms with Crippen molar-refractivity contribution in [3.63, 3.8) is 0 Å². The molecule has 0 aromatic carbocycles. The van der Waals surface area contributed by atoms with Gasteiger partial charge in [0.1, 0.15) is 5.82 Å². The van der Waals surface area contributed by atoms with Crippen molar-refractivity contribution < 1.29 is 9.59 Å². The Hall–Kier alpha value is -2.76. The third-order valence-corrected chi connectivity index (χ3v) is 4.65. The molecule has 0 atom stereocenters. The Labute approximate surface area is 139 Å². The largest absolute Gasteiger partial charge is 0.308 e. The summed E-state index contributed by atoms with van der Waals surface area (Å²) >= 11 is 0. The van der Waals surface area contributed by atoms with E-state index in [1.807, 2.05) is 18.7 Å². The first-order valence-electron chi connectivity index (χ1n) is 8.04. The van der Waals surface area contributed by atoms with Crippen LogP contribution in [0.15, 0.2) is 36.8 Å². The van der Waals surface area contributed by atoms with Crippen molar-refractivity contribution in [3.05, 3.63) is 47.9 Å². The number of hydrogen-bond donors (Lipinski definition) is 1. The second-order valence-electron chi connectivity index (χ2n) is 6.81. The number of carbonyl (C=O) groups is 2. The van der Waals surface area contributed by atoms with Crippen LogP contribution in [0.2, 0.25) is 0 Å². The van der Waals surface area contributed by atoms with Gasteiger partial charge in [-0.3, -0.25) is 14.6 Å². The average Bonchev–Trinajstić information content (AvgIpc) is 3.38. The monoisotopic (exact) mass is 322 g/mol. The van der Waals surface area contributed by atoms with E-state index in [-0.39, 0.29) is 17.9 Å². The van der Waals surface area contributed by atoms with Crippen LogP contribution in [-0.4, -0.2) is 27.8 Å². The number of anilines is 2. The van der Waals surface area contributed by atoms with Crippen molar-refractivity contribution in [2.45, 2.75) is 38.1 Å². The molecule has 1 saturated carbocycles. The smallest absolute Gasteiger partial charge is 0.258 e. The first kappa shape index (κ1) is 14.8. The first-order valence-corrected chi connectivity index (χ1v) is 8.04. The van der Waals surface area contributed by atoms with E-state index in [1.165, 1.54) is 6.20 Å². The van der Waals surface area contributed by atoms with Crippen LogP contribution in [0.1, 0.15) is 42.6 Å². The summed E-state index contributed by atoms with van der Waals surface area (Å²) in [5.41, 5.74) is 1.68. The molecule has 122 valence electrons. The SMILES string of the molecule is CC1(C)C(=O)N(C2CC2)c2cc(NC(=O)c3cccnc3)ncc21. The van der Waals surface area contributed by atoms with Crippen molar-refractivity contribution in [1.29, 1.82) is 0 Å². The Bertz CT molecular complexity index is 828. The van der Waals surface area contributed by atoms with Crippen molar-refractivity contribution in [1.82, 2.24) is 9.97 Å². The molecule has 2 aromatic heterocycles. The Morgan fingerprint density at radius 2 is 2.12 bits per heavy atom. The van der Waals surface area contributed by atoms with Gasteiger partial charge in [0, 0.05) is 36.3 Å². The highest BCUT2D eigenvalue weighted by molar-refractivity contribution is 6.09. The quantitative estimate of drug-likeness (QED) is 0.942. The van der Waals surface area contributed by atoms with Gasteiger partial charge < -0.3 is 10.2 Å². The van der Waals surface area contributed by atoms with Crippen LogP contribution in [-0.2, 0) is 10.2 Å². The zero-order valence-corrected chi connectivity index (χ0v) is 13.6. The van der Waals surface area contributed by atoms with Crippen LogP contribution in [0, 0.1) is 0 Å². The molecule has 2 amide bonds. The van der Waals surface area contributed by atoms with Crippen LogP contribution in [0.25, 0.3) is 0 Å². The van der Waals surface area contributed by atoms with E-state index < -0.39 is 5.41 Å². The molecular formula is C18H18N4O2. The number of aromatic nitrogens is 2. The predicted octanol–water partition coefficient (Wildman–Crippen LogP) is 2.52. The minimum Gasteiger partial charge on any atom is -0.308 e. The first-order chi connectivity index (χ1) is 11.5. The van der Waals surface area contributed by atoms with E-state index in [1.54, 1.807) is 30.6 Å². The van der Waals surface area contributed by atoms with Crippen LogP contribution in [0.4, 0.5) is 11.5 Å². The van der Waals surface area contributed by atoms with Gasteiger partial charge in [-0.15, -0.1) is 0 Å². The zero-order chi connectivity index (χ0) is 16.9. The molecule has 1 N–H and O–H groups in total. The second kappa shape index (κ2) is 5.12. The molecule has 0 radical (unpaired) electrons. The van der Waals surface area contributed by atoms with Crippen molar-refractivity contribution in [2.24, 2.45) is 0 Å². The molecule has 2 aliphatic rings. The number of nitrogens with zero attached hydrogens (tertiary/aromatic N) is 3. The van der Waals surface area contributed by atoms with Crippen LogP contribution in [0.3, 0.4) is 0 Å². The Balaban J connectivity index is 1.66. The molecule has 6 nitrogen and oxygen atoms in total. The number of fused-ring (bicyclic) bond motifs is 1. The van der Waals surface area contributed by atoms with Gasteiger partial charge in [0.05, 0.1) is 16.7 Å². The molecule has 4 rings (SSSR count). The fourth-order valence-electron chi connectivity index (χ4n) is 3.10. The van der Waals surface area contributed by atoms with E-state index in [0.717, 1.165) is 24.1 Å². The molecule has 6 heteroatoms. The van der Waals surface area contributed by atoms with Crippen LogP contribution in [0.5, 0.6) is 0 Å². The van der Waals surface area contributed by atoms with E-state index in [2.05, 4.69) is 15.3 Å². The molecule has 0 saturated heterocycles. The topological polar surface area (TPSA) is 75.2 Å². The summed E-state index contributed by atoms with van der Waals surface area (Å²) in [6, 6.07) is 5.48. The summed E-state index contributed by atoms with van der Waals surface area (Å²) in [6.45, 7) is 3.85. The number of nitrogens with one attached hydrogen (secondary N) is 1. The van der Waals surface area contributed by atoms with Gasteiger partial charge >= 0.3 is 0 Å². The predicted molar refractivity (Wildman–Crippen MR) is 90.0 cm³/mol. The molecule has 0 spiro atoms. The zero-order valence-electron chi connectivity index (χ0n) is 13.6. The van der Waals surface area contributed by atoms with Gasteiger partial charge in [-0.05, 0) is 38.8 Å². The summed E-state index contributed by atoms with van der Waals surface area (Å²) in [4.78, 5) is 35.1. The summed E-state index contributed by atoms with van der Waals surface area (Å²) in [7, 11) is 0. The lowest BCUT2D eigenvalue weighted by Crippen LogP contribution is -2.37. The Kier molecular flexibility index (Phi) is 3.16. The molecule has 1 aliphatic heterocycles. The molecular weight excluding hydrogens is 304 g/mol. The van der Waals surface area contributed by atoms with E-state index >= 15 is 0 Å². The molecule has 2 aromatic rings. The third kappa shape index (κ3) is 2.26. The Morgan fingerprint density at radius 3 is 2.79 bits per heavy atom. The van der Waals surface area contributed by atoms with Gasteiger partial charge in [0.15, 0.2) is 0 Å². The highest BCUT2D eigenvalue weighted by Crippen LogP contribution is 2.46. The van der Waals surface area contributed by atoms with E-state index in [9.17, 15) is 9.59 Å². The maximum absolute atomic E-state index is 12.7. The molecule has 0 unspecified atom stereocenters. The lowest BCUT2D eigenvalue weighted by Gasteiger charge is -2.19. The number of pyridine rings is 2.